The van der Waals surface area contributed by atoms with Crippen molar-refractivity contribution in [3.63, 3.8) is 0 Å². The van der Waals surface area contributed by atoms with E-state index < -0.39 is 111 Å². The molecule has 4 saturated carbocycles. The van der Waals surface area contributed by atoms with Gasteiger partial charge in [-0.25, -0.2) is 0 Å². The molecule has 1 aromatic rings. The molecule has 13 nitrogen and oxygen atoms in total. The lowest BCUT2D eigenvalue weighted by atomic mass is 9.33. The number of hydrogen-bond acceptors (Lipinski definition) is 13. The van der Waals surface area contributed by atoms with Crippen LogP contribution >= 0.6 is 0 Å². The number of esters is 5. The molecule has 1 aromatic heterocycles. The van der Waals surface area contributed by atoms with Crippen LogP contribution in [-0.2, 0) is 52.4 Å². The van der Waals surface area contributed by atoms with Crippen LogP contribution in [0.1, 0.15) is 93.1 Å². The maximum absolute atomic E-state index is 13.8. The van der Waals surface area contributed by atoms with Gasteiger partial charge >= 0.3 is 29.8 Å². The van der Waals surface area contributed by atoms with Gasteiger partial charge in [-0.05, 0) is 37.3 Å². The zero-order valence-electron chi connectivity index (χ0n) is 30.5. The van der Waals surface area contributed by atoms with Crippen LogP contribution in [0.5, 0.6) is 0 Å². The Bertz CT molecular complexity index is 1570. The molecule has 13 heteroatoms. The second-order valence-electron chi connectivity index (χ2n) is 16.2. The predicted molar refractivity (Wildman–Crippen MR) is 172 cm³/mol. The van der Waals surface area contributed by atoms with Gasteiger partial charge in [-0.15, -0.1) is 0 Å². The number of epoxide rings is 1. The highest BCUT2D eigenvalue weighted by molar-refractivity contribution is 5.78. The molecule has 0 aromatic carbocycles. The van der Waals surface area contributed by atoms with Gasteiger partial charge in [0.25, 0.3) is 0 Å². The number of aliphatic hydroxyl groups is 1. The Hall–Kier alpha value is -3.45. The Balaban J connectivity index is 1.70. The lowest BCUT2D eigenvalue weighted by molar-refractivity contribution is -0.330. The maximum Gasteiger partial charge on any atom is 0.314 e. The fourth-order valence-electron chi connectivity index (χ4n) is 11.7. The fraction of sp³-hybridized carbons (Fsp3) is 0.757. The number of hydrogen-bond donors (Lipinski definition) is 1. The molecule has 1 saturated heterocycles. The van der Waals surface area contributed by atoms with Gasteiger partial charge in [0.15, 0.2) is 0 Å². The van der Waals surface area contributed by atoms with Crippen LogP contribution in [0.2, 0.25) is 0 Å². The zero-order chi connectivity index (χ0) is 36.9. The Morgan fingerprint density at radius 2 is 1.48 bits per heavy atom. The quantitative estimate of drug-likeness (QED) is 0.246. The monoisotopic (exact) mass is 702 g/mol. The molecule has 276 valence electrons. The van der Waals surface area contributed by atoms with E-state index in [2.05, 4.69) is 0 Å². The Morgan fingerprint density at radius 1 is 0.860 bits per heavy atom. The molecular weight excluding hydrogens is 652 g/mol. The van der Waals surface area contributed by atoms with Crippen LogP contribution in [0.25, 0.3) is 0 Å². The van der Waals surface area contributed by atoms with Crippen molar-refractivity contribution in [2.24, 2.45) is 39.4 Å². The number of ether oxygens (including phenoxy) is 6. The smallest absolute Gasteiger partial charge is 0.314 e. The molecule has 0 radical (unpaired) electrons. The van der Waals surface area contributed by atoms with E-state index in [0.29, 0.717) is 6.42 Å². The van der Waals surface area contributed by atoms with Crippen LogP contribution < -0.4 is 0 Å². The third kappa shape index (κ3) is 4.53. The summed E-state index contributed by atoms with van der Waals surface area (Å²) < 4.78 is 42.9. The van der Waals surface area contributed by atoms with Crippen molar-refractivity contribution in [1.82, 2.24) is 0 Å². The average Bonchev–Trinajstić information content (AvgIpc) is 3.38. The molecule has 50 heavy (non-hydrogen) atoms. The van der Waals surface area contributed by atoms with Crippen molar-refractivity contribution >= 4 is 29.8 Å². The van der Waals surface area contributed by atoms with Gasteiger partial charge in [-0.2, -0.15) is 0 Å². The molecule has 0 bridgehead atoms. The van der Waals surface area contributed by atoms with Crippen LogP contribution in [0.4, 0.5) is 0 Å². The van der Waals surface area contributed by atoms with Crippen molar-refractivity contribution in [1.29, 1.82) is 0 Å². The number of fused-ring (bicyclic) bond motifs is 3. The van der Waals surface area contributed by atoms with Crippen LogP contribution in [0.15, 0.2) is 23.0 Å². The first-order valence-electron chi connectivity index (χ1n) is 17.5. The number of aliphatic hydroxyl groups excluding tert-OH is 1. The summed E-state index contributed by atoms with van der Waals surface area (Å²) in [4.78, 5) is 66.7. The molecule has 5 aliphatic rings. The van der Waals surface area contributed by atoms with E-state index in [0.717, 1.165) is 5.56 Å². The summed E-state index contributed by atoms with van der Waals surface area (Å²) in [7, 11) is 1.23. The molecule has 0 amide bonds. The van der Waals surface area contributed by atoms with E-state index in [1.807, 2.05) is 26.8 Å². The first-order chi connectivity index (χ1) is 23.3. The first kappa shape index (κ1) is 36.3. The maximum atomic E-state index is 13.8. The summed E-state index contributed by atoms with van der Waals surface area (Å²) in [5, 5.41) is 11.7. The largest absolute Gasteiger partial charge is 0.472 e. The minimum atomic E-state index is -1.58. The van der Waals surface area contributed by atoms with Gasteiger partial charge in [0.1, 0.15) is 30.0 Å². The second-order valence-corrected chi connectivity index (χ2v) is 16.2. The SMILES string of the molecule is COC(=O)[C@]1(C)[C@H](O)C[C@H](OC(C)=O)[C@]2(C)C3[C@@H](OC(C)=O)[C@H](OC(=O)C(C)C)[C@@]4(C)[C@H](c5ccoc5)C[C@H]5O[C@]54[C@]3(C)[C@H](OC(C)=O)C[C@@H]12. The van der Waals surface area contributed by atoms with Crippen molar-refractivity contribution in [3.8, 4) is 0 Å². The second kappa shape index (κ2) is 11.8. The normalized spacial score (nSPS) is 45.6. The van der Waals surface area contributed by atoms with Gasteiger partial charge in [0, 0.05) is 55.3 Å². The van der Waals surface area contributed by atoms with E-state index in [1.165, 1.54) is 27.9 Å². The summed E-state index contributed by atoms with van der Waals surface area (Å²) in [5.74, 6) is -5.69. The van der Waals surface area contributed by atoms with Crippen LogP contribution in [-0.4, -0.2) is 84.3 Å². The number of carbonyl (C=O) groups is 5. The lowest BCUT2D eigenvalue weighted by Gasteiger charge is -2.72. The molecule has 1 N–H and O–H groups in total. The summed E-state index contributed by atoms with van der Waals surface area (Å²) in [5.41, 5.74) is -5.41. The Labute approximate surface area is 292 Å². The predicted octanol–water partition coefficient (Wildman–Crippen LogP) is 3.88. The third-order valence-corrected chi connectivity index (χ3v) is 13.7. The van der Waals surface area contributed by atoms with E-state index in [-0.39, 0.29) is 18.8 Å². The summed E-state index contributed by atoms with van der Waals surface area (Å²) in [6, 6.07) is 1.85. The highest BCUT2D eigenvalue weighted by atomic mass is 16.6. The Morgan fingerprint density at radius 3 is 2.02 bits per heavy atom. The molecule has 4 aliphatic carbocycles. The molecule has 1 unspecified atom stereocenters. The first-order valence-corrected chi connectivity index (χ1v) is 17.5. The molecule has 1 aliphatic heterocycles. The van der Waals surface area contributed by atoms with E-state index in [1.54, 1.807) is 33.3 Å². The van der Waals surface area contributed by atoms with Crippen molar-refractivity contribution < 1.29 is 61.9 Å². The number of methoxy groups -OCH3 is 1. The lowest BCUT2D eigenvalue weighted by Crippen LogP contribution is -2.81. The topological polar surface area (TPSA) is 177 Å². The minimum Gasteiger partial charge on any atom is -0.472 e. The van der Waals surface area contributed by atoms with Gasteiger partial charge in [0.2, 0.25) is 0 Å². The number of furan rings is 1. The fourth-order valence-corrected chi connectivity index (χ4v) is 11.7. The van der Waals surface area contributed by atoms with Gasteiger partial charge < -0.3 is 37.9 Å². The number of rotatable bonds is 7. The molecular formula is C37H50O13. The van der Waals surface area contributed by atoms with Crippen molar-refractivity contribution in [2.45, 2.75) is 130 Å². The summed E-state index contributed by atoms with van der Waals surface area (Å²) >= 11 is 0. The standard InChI is InChI=1S/C37H50O13/c1-17(2)31(42)49-30-28(48-20(5)40)29-34(7)23(33(6,32(43)44-10)24(41)15-25(34)46-18(3)38)14-26(47-19(4)39)36(29,9)37-27(50-37)13-22(35(30,37)8)21-11-12-45-16-21/h11-12,16-17,22-30,41H,13-15H2,1-10H3/t22-,23-,24+,25-,26+,27+,28+,29?,30-,33-,34+,35+,36+,37+/m0/s1. The van der Waals surface area contributed by atoms with E-state index in [9.17, 15) is 29.1 Å². The summed E-state index contributed by atoms with van der Waals surface area (Å²) in [6.45, 7) is 14.6. The van der Waals surface area contributed by atoms with E-state index in [4.69, 9.17) is 32.8 Å². The van der Waals surface area contributed by atoms with Gasteiger partial charge in [-0.1, -0.05) is 34.6 Å². The minimum absolute atomic E-state index is 0.0526. The zero-order valence-corrected chi connectivity index (χ0v) is 30.5. The van der Waals surface area contributed by atoms with E-state index >= 15 is 0 Å². The van der Waals surface area contributed by atoms with Crippen LogP contribution in [0.3, 0.4) is 0 Å². The third-order valence-electron chi connectivity index (χ3n) is 13.7. The van der Waals surface area contributed by atoms with Crippen molar-refractivity contribution in [2.75, 3.05) is 7.11 Å². The van der Waals surface area contributed by atoms with Gasteiger partial charge in [0.05, 0.1) is 43.2 Å². The average molecular weight is 703 g/mol. The molecule has 5 fully saturated rings. The molecule has 2 heterocycles. The molecule has 6 rings (SSSR count). The molecule has 14 atom stereocenters. The highest BCUT2D eigenvalue weighted by Gasteiger charge is 2.93. The highest BCUT2D eigenvalue weighted by Crippen LogP contribution is 2.83. The van der Waals surface area contributed by atoms with Gasteiger partial charge in [-0.3, -0.25) is 24.0 Å². The number of carbonyl (C=O) groups excluding carboxylic acids is 5. The summed E-state index contributed by atoms with van der Waals surface area (Å²) in [6.07, 6.45) is -2.39. The van der Waals surface area contributed by atoms with Crippen LogP contribution in [0, 0.1) is 39.4 Å². The van der Waals surface area contributed by atoms with Crippen molar-refractivity contribution in [3.05, 3.63) is 24.2 Å². The molecule has 1 spiro atoms. The Kier molecular flexibility index (Phi) is 8.57.